The van der Waals surface area contributed by atoms with Crippen LogP contribution in [-0.2, 0) is 14.6 Å². The van der Waals surface area contributed by atoms with E-state index in [1.165, 1.54) is 6.08 Å². The number of hydrogen-bond acceptors (Lipinski definition) is 4. The number of benzene rings is 1. The zero-order valence-electron chi connectivity index (χ0n) is 13.4. The third-order valence-corrected chi connectivity index (χ3v) is 5.57. The number of amides is 1. The van der Waals surface area contributed by atoms with Crippen molar-refractivity contribution in [2.45, 2.75) is 31.2 Å². The van der Waals surface area contributed by atoms with Crippen molar-refractivity contribution in [3.05, 3.63) is 48.1 Å². The highest BCUT2D eigenvalue weighted by Gasteiger charge is 2.26. The summed E-state index contributed by atoms with van der Waals surface area (Å²) in [5.41, 5.74) is 7.67. The Labute approximate surface area is 137 Å². The fourth-order valence-electron chi connectivity index (χ4n) is 2.70. The molecular formula is C17H22N2O3S. The van der Waals surface area contributed by atoms with E-state index in [-0.39, 0.29) is 23.6 Å². The summed E-state index contributed by atoms with van der Waals surface area (Å²) in [5.74, 6) is 0.135. The van der Waals surface area contributed by atoms with Crippen molar-refractivity contribution in [2.24, 2.45) is 5.92 Å². The van der Waals surface area contributed by atoms with Crippen molar-refractivity contribution in [2.75, 3.05) is 5.75 Å². The van der Waals surface area contributed by atoms with E-state index in [0.29, 0.717) is 11.3 Å². The minimum absolute atomic E-state index is 0.00155. The molecule has 1 saturated heterocycles. The summed E-state index contributed by atoms with van der Waals surface area (Å²) in [6.07, 6.45) is 3.87. The Morgan fingerprint density at radius 2 is 2.00 bits per heavy atom. The minimum Gasteiger partial charge on any atom is -0.291 e. The standard InChI is InChI=1S/C17H22N2O3S/c1-4-9-23(21,22)15-7-5-14(6-8-15)10-12(2)17-13(3)11-16(20)18-19-17/h4-8,10,13,17,19H,1,9,11H2,2-3H3,(H,18,20)/b12-10+. The molecule has 5 nitrogen and oxygen atoms in total. The summed E-state index contributed by atoms with van der Waals surface area (Å²) in [7, 11) is -3.29. The van der Waals surface area contributed by atoms with Gasteiger partial charge in [-0.25, -0.2) is 13.8 Å². The number of hydrazine groups is 1. The molecule has 6 heteroatoms. The largest absolute Gasteiger partial charge is 0.291 e. The van der Waals surface area contributed by atoms with E-state index < -0.39 is 9.84 Å². The minimum atomic E-state index is -3.29. The molecule has 1 amide bonds. The van der Waals surface area contributed by atoms with Crippen molar-refractivity contribution in [3.8, 4) is 0 Å². The maximum absolute atomic E-state index is 11.9. The predicted octanol–water partition coefficient (Wildman–Crippen LogP) is 2.08. The average Bonchev–Trinajstić information content (AvgIpc) is 2.47. The first kappa shape index (κ1) is 17.4. The van der Waals surface area contributed by atoms with Crippen LogP contribution in [0, 0.1) is 5.92 Å². The summed E-state index contributed by atoms with van der Waals surface area (Å²) in [6, 6.07) is 6.85. The van der Waals surface area contributed by atoms with E-state index in [1.807, 2.05) is 19.9 Å². The van der Waals surface area contributed by atoms with Gasteiger partial charge in [0.2, 0.25) is 5.91 Å². The first-order chi connectivity index (χ1) is 10.8. The second-order valence-corrected chi connectivity index (χ2v) is 7.91. The van der Waals surface area contributed by atoms with Crippen LogP contribution in [-0.4, -0.2) is 26.1 Å². The molecule has 1 aliphatic heterocycles. The molecule has 2 N–H and O–H groups in total. The number of rotatable bonds is 5. The van der Waals surface area contributed by atoms with Crippen LogP contribution < -0.4 is 10.9 Å². The monoisotopic (exact) mass is 334 g/mol. The Morgan fingerprint density at radius 3 is 2.57 bits per heavy atom. The Bertz CT molecular complexity index is 721. The maximum Gasteiger partial charge on any atom is 0.234 e. The van der Waals surface area contributed by atoms with Gasteiger partial charge in [-0.15, -0.1) is 6.58 Å². The van der Waals surface area contributed by atoms with Gasteiger partial charge in [-0.3, -0.25) is 10.2 Å². The molecule has 0 saturated carbocycles. The van der Waals surface area contributed by atoms with Crippen LogP contribution in [0.3, 0.4) is 0 Å². The lowest BCUT2D eigenvalue weighted by atomic mass is 9.90. The number of carbonyl (C=O) groups is 1. The molecule has 1 heterocycles. The summed E-state index contributed by atoms with van der Waals surface area (Å²) >= 11 is 0. The molecule has 2 rings (SSSR count). The Morgan fingerprint density at radius 1 is 1.35 bits per heavy atom. The molecule has 2 unspecified atom stereocenters. The van der Waals surface area contributed by atoms with Crippen LogP contribution in [0.1, 0.15) is 25.8 Å². The highest BCUT2D eigenvalue weighted by atomic mass is 32.2. The van der Waals surface area contributed by atoms with Crippen molar-refractivity contribution >= 4 is 21.8 Å². The van der Waals surface area contributed by atoms with E-state index in [0.717, 1.165) is 11.1 Å². The van der Waals surface area contributed by atoms with Crippen LogP contribution in [0.25, 0.3) is 6.08 Å². The highest BCUT2D eigenvalue weighted by Crippen LogP contribution is 2.21. The zero-order valence-corrected chi connectivity index (χ0v) is 14.2. The van der Waals surface area contributed by atoms with Crippen LogP contribution in [0.4, 0.5) is 0 Å². The van der Waals surface area contributed by atoms with Crippen LogP contribution in [0.15, 0.2) is 47.4 Å². The molecule has 1 aromatic rings. The first-order valence-corrected chi connectivity index (χ1v) is 9.15. The molecule has 124 valence electrons. The molecule has 1 aliphatic rings. The lowest BCUT2D eigenvalue weighted by molar-refractivity contribution is -0.125. The maximum atomic E-state index is 11.9. The van der Waals surface area contributed by atoms with Gasteiger partial charge in [0.15, 0.2) is 9.84 Å². The van der Waals surface area contributed by atoms with Gasteiger partial charge in [0.05, 0.1) is 16.7 Å². The molecule has 23 heavy (non-hydrogen) atoms. The molecule has 0 aliphatic carbocycles. The smallest absolute Gasteiger partial charge is 0.234 e. The lowest BCUT2D eigenvalue weighted by Crippen LogP contribution is -2.53. The van der Waals surface area contributed by atoms with Gasteiger partial charge >= 0.3 is 0 Å². The van der Waals surface area contributed by atoms with Crippen molar-refractivity contribution in [1.29, 1.82) is 0 Å². The highest BCUT2D eigenvalue weighted by molar-refractivity contribution is 7.91. The molecule has 2 atom stereocenters. The second kappa shape index (κ2) is 7.10. The van der Waals surface area contributed by atoms with E-state index in [9.17, 15) is 13.2 Å². The van der Waals surface area contributed by atoms with Gasteiger partial charge < -0.3 is 0 Å². The molecule has 1 fully saturated rings. The number of sulfone groups is 1. The van der Waals surface area contributed by atoms with Gasteiger partial charge in [0.1, 0.15) is 0 Å². The topological polar surface area (TPSA) is 75.3 Å². The van der Waals surface area contributed by atoms with Gasteiger partial charge in [0.25, 0.3) is 0 Å². The molecule has 0 bridgehead atoms. The number of carbonyl (C=O) groups excluding carboxylic acids is 1. The van der Waals surface area contributed by atoms with Crippen LogP contribution in [0.2, 0.25) is 0 Å². The second-order valence-electron chi connectivity index (χ2n) is 5.88. The lowest BCUT2D eigenvalue weighted by Gasteiger charge is -2.30. The van der Waals surface area contributed by atoms with Crippen LogP contribution in [0.5, 0.6) is 0 Å². The van der Waals surface area contributed by atoms with Gasteiger partial charge in [-0.2, -0.15) is 0 Å². The van der Waals surface area contributed by atoms with Crippen molar-refractivity contribution < 1.29 is 13.2 Å². The molecule has 0 aromatic heterocycles. The average molecular weight is 334 g/mol. The van der Waals surface area contributed by atoms with E-state index >= 15 is 0 Å². The van der Waals surface area contributed by atoms with E-state index in [4.69, 9.17) is 0 Å². The summed E-state index contributed by atoms with van der Waals surface area (Å²) in [6.45, 7) is 7.49. The third kappa shape index (κ3) is 4.30. The predicted molar refractivity (Wildman–Crippen MR) is 91.2 cm³/mol. The first-order valence-electron chi connectivity index (χ1n) is 7.50. The normalized spacial score (nSPS) is 22.5. The Hall–Kier alpha value is -1.92. The Kier molecular flexibility index (Phi) is 5.38. The Balaban J connectivity index is 2.16. The fourth-order valence-corrected chi connectivity index (χ4v) is 3.75. The van der Waals surface area contributed by atoms with Gasteiger partial charge in [0, 0.05) is 6.42 Å². The summed E-state index contributed by atoms with van der Waals surface area (Å²) in [5, 5.41) is 0. The zero-order chi connectivity index (χ0) is 17.0. The van der Waals surface area contributed by atoms with Crippen LogP contribution >= 0.6 is 0 Å². The summed E-state index contributed by atoms with van der Waals surface area (Å²) in [4.78, 5) is 11.6. The van der Waals surface area contributed by atoms with Crippen molar-refractivity contribution in [3.63, 3.8) is 0 Å². The molecule has 1 aromatic carbocycles. The van der Waals surface area contributed by atoms with E-state index in [1.54, 1.807) is 24.3 Å². The molecular weight excluding hydrogens is 312 g/mol. The quantitative estimate of drug-likeness (QED) is 0.809. The van der Waals surface area contributed by atoms with Gasteiger partial charge in [-0.05, 0) is 30.5 Å². The fraction of sp³-hybridized carbons (Fsp3) is 0.353. The van der Waals surface area contributed by atoms with Crippen molar-refractivity contribution in [1.82, 2.24) is 10.9 Å². The van der Waals surface area contributed by atoms with Gasteiger partial charge in [-0.1, -0.05) is 36.8 Å². The summed E-state index contributed by atoms with van der Waals surface area (Å²) < 4.78 is 23.9. The molecule has 0 radical (unpaired) electrons. The number of hydrogen-bond donors (Lipinski definition) is 2. The SMILES string of the molecule is C=CCS(=O)(=O)c1ccc(/C=C(\C)C2NNC(=O)CC2C)cc1. The molecule has 0 spiro atoms. The van der Waals surface area contributed by atoms with E-state index in [2.05, 4.69) is 17.4 Å². The number of nitrogens with one attached hydrogen (secondary N) is 2. The third-order valence-electron chi connectivity index (χ3n) is 3.90.